The molecule has 0 aliphatic heterocycles. The molecular formula is C16H33IN4O3S. The predicted octanol–water partition coefficient (Wildman–Crippen LogP) is 1.26. The Hall–Kier alpha value is -0.130. The summed E-state index contributed by atoms with van der Waals surface area (Å²) in [7, 11) is 0.415. The molecule has 0 amide bonds. The minimum absolute atomic E-state index is 0. The fourth-order valence-corrected chi connectivity index (χ4v) is 3.54. The summed E-state index contributed by atoms with van der Waals surface area (Å²) in [6.45, 7) is 3.17. The Kier molecular flexibility index (Phi) is 10.6. The highest BCUT2D eigenvalue weighted by molar-refractivity contribution is 14.0. The number of ether oxygens (including phenoxy) is 1. The Morgan fingerprint density at radius 2 is 1.96 bits per heavy atom. The van der Waals surface area contributed by atoms with Gasteiger partial charge in [-0.3, -0.25) is 4.99 Å². The molecule has 0 radical (unpaired) electrons. The van der Waals surface area contributed by atoms with Crippen molar-refractivity contribution in [2.75, 3.05) is 52.7 Å². The van der Waals surface area contributed by atoms with Gasteiger partial charge in [0.2, 0.25) is 10.0 Å². The normalized spacial score (nSPS) is 18.4. The van der Waals surface area contributed by atoms with E-state index in [0.29, 0.717) is 31.6 Å². The van der Waals surface area contributed by atoms with E-state index in [0.717, 1.165) is 31.9 Å². The molecule has 2 aliphatic carbocycles. The van der Waals surface area contributed by atoms with Gasteiger partial charge in [0.1, 0.15) is 0 Å². The largest absolute Gasteiger partial charge is 0.379 e. The van der Waals surface area contributed by atoms with Gasteiger partial charge in [0.05, 0.1) is 12.4 Å². The molecule has 148 valence electrons. The molecular weight excluding hydrogens is 455 g/mol. The minimum Gasteiger partial charge on any atom is -0.379 e. The number of sulfonamides is 1. The van der Waals surface area contributed by atoms with Gasteiger partial charge < -0.3 is 15.0 Å². The molecule has 0 unspecified atom stereocenters. The smallest absolute Gasteiger partial charge is 0.213 e. The molecule has 0 aromatic carbocycles. The number of nitrogens with one attached hydrogen (secondary N) is 2. The van der Waals surface area contributed by atoms with Crippen LogP contribution in [0.4, 0.5) is 0 Å². The van der Waals surface area contributed by atoms with E-state index in [1.807, 2.05) is 11.9 Å². The van der Waals surface area contributed by atoms with Crippen molar-refractivity contribution in [2.45, 2.75) is 32.1 Å². The second kappa shape index (κ2) is 11.6. The van der Waals surface area contributed by atoms with Gasteiger partial charge in [-0.15, -0.1) is 24.0 Å². The third kappa shape index (κ3) is 9.39. The van der Waals surface area contributed by atoms with Crippen LogP contribution in [0.25, 0.3) is 0 Å². The molecule has 2 N–H and O–H groups in total. The van der Waals surface area contributed by atoms with Crippen molar-refractivity contribution in [3.05, 3.63) is 0 Å². The van der Waals surface area contributed by atoms with Crippen LogP contribution in [0.5, 0.6) is 0 Å². The van der Waals surface area contributed by atoms with Crippen molar-refractivity contribution in [3.8, 4) is 0 Å². The molecule has 7 nitrogen and oxygen atoms in total. The molecule has 2 fully saturated rings. The highest BCUT2D eigenvalue weighted by Crippen LogP contribution is 2.28. The highest BCUT2D eigenvalue weighted by Gasteiger charge is 2.21. The van der Waals surface area contributed by atoms with Crippen molar-refractivity contribution < 1.29 is 13.2 Å². The summed E-state index contributed by atoms with van der Waals surface area (Å²) in [6.07, 6.45) is 6.09. The Labute approximate surface area is 169 Å². The average Bonchev–Trinajstić information content (AvgIpc) is 3.30. The summed E-state index contributed by atoms with van der Waals surface area (Å²) in [6, 6.07) is 0. The quantitative estimate of drug-likeness (QED) is 0.198. The maximum atomic E-state index is 12.0. The molecule has 2 rings (SSSR count). The maximum absolute atomic E-state index is 12.0. The third-order valence-corrected chi connectivity index (χ3v) is 6.01. The van der Waals surface area contributed by atoms with Crippen LogP contribution >= 0.6 is 24.0 Å². The summed E-state index contributed by atoms with van der Waals surface area (Å²) in [4.78, 5) is 6.15. The monoisotopic (exact) mass is 488 g/mol. The van der Waals surface area contributed by atoms with Crippen molar-refractivity contribution in [1.29, 1.82) is 0 Å². The van der Waals surface area contributed by atoms with Crippen molar-refractivity contribution >= 4 is 40.0 Å². The summed E-state index contributed by atoms with van der Waals surface area (Å²) in [5.74, 6) is 2.05. The van der Waals surface area contributed by atoms with Crippen molar-refractivity contribution in [3.63, 3.8) is 0 Å². The molecule has 0 saturated heterocycles. The number of rotatable bonds is 11. The van der Waals surface area contributed by atoms with Crippen LogP contribution < -0.4 is 10.0 Å². The van der Waals surface area contributed by atoms with Crippen LogP contribution in [-0.2, 0) is 14.8 Å². The van der Waals surface area contributed by atoms with Crippen LogP contribution in [0.15, 0.2) is 4.99 Å². The van der Waals surface area contributed by atoms with Crippen LogP contribution in [0, 0.1) is 11.8 Å². The molecule has 0 bridgehead atoms. The van der Waals surface area contributed by atoms with Gasteiger partial charge in [0, 0.05) is 40.3 Å². The number of guanidine groups is 1. The molecule has 0 spiro atoms. The van der Waals surface area contributed by atoms with E-state index in [9.17, 15) is 8.42 Å². The fourth-order valence-electron chi connectivity index (χ4n) is 2.54. The predicted molar refractivity (Wildman–Crippen MR) is 112 cm³/mol. The zero-order valence-electron chi connectivity index (χ0n) is 15.4. The van der Waals surface area contributed by atoms with E-state index in [1.165, 1.54) is 19.3 Å². The fraction of sp³-hybridized carbons (Fsp3) is 0.938. The van der Waals surface area contributed by atoms with Crippen LogP contribution in [0.1, 0.15) is 32.1 Å². The van der Waals surface area contributed by atoms with Gasteiger partial charge in [-0.25, -0.2) is 13.1 Å². The summed E-state index contributed by atoms with van der Waals surface area (Å²) in [5.41, 5.74) is 0. The van der Waals surface area contributed by atoms with E-state index in [4.69, 9.17) is 4.74 Å². The van der Waals surface area contributed by atoms with Gasteiger partial charge in [0.25, 0.3) is 0 Å². The van der Waals surface area contributed by atoms with E-state index < -0.39 is 10.0 Å². The molecule has 0 atom stereocenters. The number of hydrogen-bond acceptors (Lipinski definition) is 4. The van der Waals surface area contributed by atoms with Crippen LogP contribution in [0.3, 0.4) is 0 Å². The minimum atomic E-state index is -3.22. The molecule has 9 heteroatoms. The summed E-state index contributed by atoms with van der Waals surface area (Å²) < 4.78 is 32.3. The lowest BCUT2D eigenvalue weighted by Crippen LogP contribution is -2.43. The third-order valence-electron chi connectivity index (χ3n) is 4.67. The second-order valence-corrected chi connectivity index (χ2v) is 8.80. The highest BCUT2D eigenvalue weighted by atomic mass is 127. The molecule has 25 heavy (non-hydrogen) atoms. The number of nitrogens with zero attached hydrogens (tertiary/aromatic N) is 2. The topological polar surface area (TPSA) is 83.0 Å². The number of halogens is 1. The maximum Gasteiger partial charge on any atom is 0.213 e. The molecule has 2 saturated carbocycles. The lowest BCUT2D eigenvalue weighted by molar-refractivity contribution is 0.115. The first-order valence-corrected chi connectivity index (χ1v) is 10.6. The number of hydrogen-bond donors (Lipinski definition) is 2. The van der Waals surface area contributed by atoms with Gasteiger partial charge >= 0.3 is 0 Å². The zero-order chi connectivity index (χ0) is 17.4. The standard InChI is InChI=1S/C16H32N4O3S.HI/c1-17-16(20(2)9-10-23-13-15-6-7-15)18-8-11-24(21,22)19-12-14-4-3-5-14;/h14-15,19H,3-13H2,1-2H3,(H,17,18);1H. The lowest BCUT2D eigenvalue weighted by Gasteiger charge is -2.25. The van der Waals surface area contributed by atoms with Crippen LogP contribution in [-0.4, -0.2) is 72.0 Å². The molecule has 0 aromatic heterocycles. The van der Waals surface area contributed by atoms with Crippen LogP contribution in [0.2, 0.25) is 0 Å². The van der Waals surface area contributed by atoms with Gasteiger partial charge in [-0.05, 0) is 37.5 Å². The first-order valence-electron chi connectivity index (χ1n) is 8.97. The van der Waals surface area contributed by atoms with Gasteiger partial charge in [-0.2, -0.15) is 0 Å². The first-order chi connectivity index (χ1) is 11.5. The Balaban J connectivity index is 0.00000312. The van der Waals surface area contributed by atoms with E-state index >= 15 is 0 Å². The Bertz CT molecular complexity index is 508. The van der Waals surface area contributed by atoms with E-state index in [2.05, 4.69) is 15.0 Å². The van der Waals surface area contributed by atoms with E-state index in [1.54, 1.807) is 7.05 Å². The van der Waals surface area contributed by atoms with Crippen molar-refractivity contribution in [1.82, 2.24) is 14.9 Å². The SMILES string of the molecule is CN=C(NCCS(=O)(=O)NCC1CCC1)N(C)CCOCC1CC1.I. The van der Waals surface area contributed by atoms with Gasteiger partial charge in [-0.1, -0.05) is 6.42 Å². The average molecular weight is 488 g/mol. The first kappa shape index (κ1) is 22.9. The number of likely N-dealkylation sites (N-methyl/N-ethyl adjacent to an activating group) is 1. The molecule has 0 aromatic rings. The Morgan fingerprint density at radius 3 is 2.52 bits per heavy atom. The molecule has 2 aliphatic rings. The summed E-state index contributed by atoms with van der Waals surface area (Å²) >= 11 is 0. The summed E-state index contributed by atoms with van der Waals surface area (Å²) in [5, 5.41) is 3.10. The van der Waals surface area contributed by atoms with E-state index in [-0.39, 0.29) is 29.7 Å². The zero-order valence-corrected chi connectivity index (χ0v) is 18.5. The second-order valence-electron chi connectivity index (χ2n) is 6.88. The Morgan fingerprint density at radius 1 is 1.24 bits per heavy atom. The van der Waals surface area contributed by atoms with Gasteiger partial charge in [0.15, 0.2) is 5.96 Å². The molecule has 0 heterocycles. The number of aliphatic imine (C=N–C) groups is 1. The van der Waals surface area contributed by atoms with Crippen molar-refractivity contribution in [2.24, 2.45) is 16.8 Å². The lowest BCUT2D eigenvalue weighted by atomic mass is 9.86.